The van der Waals surface area contributed by atoms with Gasteiger partial charge in [0, 0.05) is 72.7 Å². The maximum absolute atomic E-state index is 13.3. The summed E-state index contributed by atoms with van der Waals surface area (Å²) in [6.07, 6.45) is 4.24. The van der Waals surface area contributed by atoms with Crippen molar-refractivity contribution >= 4 is 203 Å². The summed E-state index contributed by atoms with van der Waals surface area (Å²) >= 11 is 36.3. The molecule has 0 aliphatic carbocycles. The Kier molecular flexibility index (Phi) is 33.1. The lowest BCUT2D eigenvalue weighted by molar-refractivity contribution is -0.116. The van der Waals surface area contributed by atoms with Crippen LogP contribution in [0.25, 0.3) is 28.0 Å². The molecule has 3 atom stereocenters. The summed E-state index contributed by atoms with van der Waals surface area (Å²) in [6.45, 7) is 9.12. The molecule has 0 radical (unpaired) electrons. The molecule has 6 amide bonds. The molecule has 9 N–H and O–H groups in total. The summed E-state index contributed by atoms with van der Waals surface area (Å²) in [5.74, 6) is -8.12. The number of phenolic OH excluding ortho intramolecular Hbond substituents is 3. The van der Waals surface area contributed by atoms with E-state index in [0.717, 1.165) is 34.9 Å². The number of aromatic hydroxyl groups is 3. The van der Waals surface area contributed by atoms with Gasteiger partial charge in [-0.2, -0.15) is 0 Å². The molecule has 0 bridgehead atoms. The van der Waals surface area contributed by atoms with Crippen molar-refractivity contribution in [2.75, 3.05) is 53.2 Å². The average Bonchev–Trinajstić information content (AvgIpc) is 1.67. The molecule has 144 heavy (non-hydrogen) atoms. The smallest absolute Gasteiger partial charge is 0.337 e. The number of pyridine rings is 2. The fourth-order valence-corrected chi connectivity index (χ4v) is 17.9. The molecular weight excluding hydrogens is 2050 g/mol. The fourth-order valence-electron chi connectivity index (χ4n) is 13.2. The van der Waals surface area contributed by atoms with E-state index in [9.17, 15) is 83.7 Å². The number of benzene rings is 11. The van der Waals surface area contributed by atoms with Crippen LogP contribution in [0.5, 0.6) is 51.7 Å². The predicted molar refractivity (Wildman–Crippen MR) is 540 cm³/mol. The Bertz CT molecular complexity index is 7550. The molecule has 4 aromatic heterocycles. The number of sulfone groups is 3. The van der Waals surface area contributed by atoms with E-state index in [1.165, 1.54) is 217 Å². The Labute approximate surface area is 851 Å². The van der Waals surface area contributed by atoms with Crippen LogP contribution in [0.1, 0.15) is 100 Å². The Morgan fingerprint density at radius 3 is 1.08 bits per heavy atom. The molecular formula is C100H80Cl6N10O25S3. The minimum atomic E-state index is -4.09. The first-order valence-electron chi connectivity index (χ1n) is 42.3. The standard InChI is InChI=1S/C36H29Cl2N3O8S.C32H26Cl2N4O8S.C32H25Cl2N3O9S/c1-20-4-12-26(13-5-20)50(46,47)21(2)34(43)41-31-17-32(42)30(18-33(31)49-25-10-6-22(7-11-25)36(45)48-3)40-35(44)24-9-15-29(39-19-24)23-8-14-27(37)28(38)16-23;1-17-4-10-21(11-5-17)47(43,44)18(2)30(40)37-25-13-27(39)24(14-28(25)46-20-8-6-19(7-9-20)32(42)45-3)36-31(41)26-16-38-15-23(34)22(33)12-29(38)35-26;1-16-4-10-20(11-5-16)47(42,43)17(2)29(39)36-25-14-26(38)23(15-28(25)45-19-8-6-18(7-9-19)32(41)44-3)35-30(40)31-37-24-12-21(33)22(34)13-27(24)46-31/h4-19,21,42H,1-3H3,(H,40,44)(H,41,43);4-16,18,39H,1-3H3,(H,36,41)(H,37,40);4-15,17,38H,1-3H3,(H,35,40)(H,36,39). The molecule has 15 rings (SSSR count). The van der Waals surface area contributed by atoms with Gasteiger partial charge in [0.2, 0.25) is 17.7 Å². The van der Waals surface area contributed by atoms with Gasteiger partial charge in [-0.15, -0.1) is 0 Å². The number of hydrogen-bond donors (Lipinski definition) is 9. The van der Waals surface area contributed by atoms with E-state index < -0.39 is 116 Å². The lowest BCUT2D eigenvalue weighted by Crippen LogP contribution is -2.32. The first-order chi connectivity index (χ1) is 68.3. The van der Waals surface area contributed by atoms with Crippen LogP contribution in [0.15, 0.2) is 268 Å². The molecule has 15 aromatic rings. The lowest BCUT2D eigenvalue weighted by atomic mass is 10.1. The highest BCUT2D eigenvalue weighted by Gasteiger charge is 2.36. The highest BCUT2D eigenvalue weighted by atomic mass is 35.5. The minimum Gasteiger partial charge on any atom is -0.506 e. The number of ether oxygens (including phenoxy) is 6. The number of anilines is 6. The SMILES string of the molecule is COC(=O)c1ccc(Oc2cc(NC(=O)c3ccc(-c4ccc(Cl)c(Cl)c4)nc3)c(O)cc2NC(=O)C(C)S(=O)(=O)c2ccc(C)cc2)cc1.COC(=O)c1ccc(Oc2cc(NC(=O)c3cn4cc(Cl)c(Cl)cc4n3)c(O)cc2NC(=O)C(C)S(=O)(=O)c2ccc(C)cc2)cc1.COC(=O)c1ccc(Oc2cc(NC(=O)c3nc4cc(Cl)c(Cl)cc4o3)c(O)cc2NC(=O)C(C)S(=O)(=O)c2ccc(C)cc2)cc1. The topological polar surface area (TPSA) is 501 Å². The third kappa shape index (κ3) is 25.1. The predicted octanol–water partition coefficient (Wildman–Crippen LogP) is 20.8. The highest BCUT2D eigenvalue weighted by Crippen LogP contribution is 2.44. The van der Waals surface area contributed by atoms with E-state index in [4.69, 9.17) is 102 Å². The van der Waals surface area contributed by atoms with Crippen LogP contribution in [0.4, 0.5) is 34.1 Å². The van der Waals surface area contributed by atoms with Crippen LogP contribution >= 0.6 is 69.6 Å². The fraction of sp³-hybridized carbons (Fsp3) is 0.120. The van der Waals surface area contributed by atoms with Crippen LogP contribution < -0.4 is 46.1 Å². The van der Waals surface area contributed by atoms with Crippen LogP contribution in [-0.2, 0) is 58.1 Å². The second-order valence-electron chi connectivity index (χ2n) is 31.5. The van der Waals surface area contributed by atoms with E-state index in [1.807, 2.05) is 6.92 Å². The molecule has 0 saturated carbocycles. The summed E-state index contributed by atoms with van der Waals surface area (Å²) in [5.41, 5.74) is 4.71. The van der Waals surface area contributed by atoms with E-state index in [1.54, 1.807) is 74.5 Å². The first-order valence-corrected chi connectivity index (χ1v) is 49.2. The van der Waals surface area contributed by atoms with Gasteiger partial charge in [0.05, 0.1) is 128 Å². The van der Waals surface area contributed by atoms with Gasteiger partial charge in [-0.1, -0.05) is 129 Å². The molecule has 0 saturated heterocycles. The Hall–Kier alpha value is -15.7. The third-order valence-corrected chi connectivity index (χ3v) is 29.9. The summed E-state index contributed by atoms with van der Waals surface area (Å²) in [4.78, 5) is 127. The Balaban J connectivity index is 0.000000181. The minimum absolute atomic E-state index is 0.0314. The molecule has 4 heterocycles. The number of amides is 6. The molecule has 11 aromatic carbocycles. The molecule has 3 unspecified atom stereocenters. The number of esters is 3. The number of fused-ring (bicyclic) bond motifs is 2. The summed E-state index contributed by atoms with van der Waals surface area (Å²) in [5, 5.41) is 44.8. The second kappa shape index (κ2) is 45.1. The van der Waals surface area contributed by atoms with Gasteiger partial charge in [0.25, 0.3) is 17.7 Å². The molecule has 0 aliphatic heterocycles. The Morgan fingerprint density at radius 1 is 0.361 bits per heavy atom. The molecule has 740 valence electrons. The number of aryl methyl sites for hydroxylation is 3. The molecule has 0 spiro atoms. The molecule has 44 heteroatoms. The Morgan fingerprint density at radius 2 is 0.715 bits per heavy atom. The number of hydrogen-bond acceptors (Lipinski definition) is 28. The van der Waals surface area contributed by atoms with Crippen LogP contribution in [0.3, 0.4) is 0 Å². The van der Waals surface area contributed by atoms with Gasteiger partial charge in [0.1, 0.15) is 67.1 Å². The van der Waals surface area contributed by atoms with Gasteiger partial charge >= 0.3 is 23.8 Å². The maximum atomic E-state index is 13.3. The van der Waals surface area contributed by atoms with Crippen molar-refractivity contribution in [1.82, 2.24) is 19.4 Å². The van der Waals surface area contributed by atoms with Gasteiger partial charge in [0.15, 0.2) is 52.3 Å². The van der Waals surface area contributed by atoms with E-state index in [0.29, 0.717) is 26.9 Å². The molecule has 0 fully saturated rings. The number of nitrogens with zero attached hydrogens (tertiary/aromatic N) is 4. The van der Waals surface area contributed by atoms with E-state index >= 15 is 0 Å². The van der Waals surface area contributed by atoms with Crippen molar-refractivity contribution in [3.8, 4) is 63.0 Å². The number of halogens is 6. The lowest BCUT2D eigenvalue weighted by Gasteiger charge is -2.18. The van der Waals surface area contributed by atoms with E-state index in [-0.39, 0.29) is 148 Å². The van der Waals surface area contributed by atoms with Crippen LogP contribution in [-0.4, -0.2) is 150 Å². The zero-order valence-electron chi connectivity index (χ0n) is 76.5. The average molecular weight is 2130 g/mol. The van der Waals surface area contributed by atoms with Gasteiger partial charge in [-0.3, -0.25) is 33.8 Å². The van der Waals surface area contributed by atoms with Crippen molar-refractivity contribution in [2.24, 2.45) is 0 Å². The monoisotopic (exact) mass is 2130 g/mol. The number of nitrogens with one attached hydrogen (secondary N) is 6. The van der Waals surface area contributed by atoms with Gasteiger partial charge in [-0.25, -0.2) is 49.6 Å². The van der Waals surface area contributed by atoms with E-state index in [2.05, 4.69) is 46.9 Å². The highest BCUT2D eigenvalue weighted by molar-refractivity contribution is 7.93. The number of rotatable bonds is 28. The van der Waals surface area contributed by atoms with Gasteiger partial charge in [-0.05, 0) is 181 Å². The maximum Gasteiger partial charge on any atom is 0.337 e. The second-order valence-corrected chi connectivity index (χ2v) is 40.7. The van der Waals surface area contributed by atoms with Crippen molar-refractivity contribution in [1.29, 1.82) is 0 Å². The number of aromatic nitrogens is 4. The van der Waals surface area contributed by atoms with Crippen molar-refractivity contribution < 1.29 is 117 Å². The number of carbonyl (C=O) groups excluding carboxylic acids is 9. The molecule has 35 nitrogen and oxygen atoms in total. The molecule has 0 aliphatic rings. The number of imidazole rings is 1. The normalized spacial score (nSPS) is 11.9. The van der Waals surface area contributed by atoms with Crippen molar-refractivity contribution in [2.45, 2.75) is 72.0 Å². The third-order valence-electron chi connectivity index (χ3n) is 21.5. The van der Waals surface area contributed by atoms with Crippen molar-refractivity contribution in [3.05, 3.63) is 330 Å². The van der Waals surface area contributed by atoms with Crippen molar-refractivity contribution in [3.63, 3.8) is 0 Å². The van der Waals surface area contributed by atoms with Gasteiger partial charge < -0.3 is 84.5 Å². The summed E-state index contributed by atoms with van der Waals surface area (Å²) < 4.78 is 118. The van der Waals surface area contributed by atoms with Crippen LogP contribution in [0.2, 0.25) is 30.1 Å². The van der Waals surface area contributed by atoms with Crippen LogP contribution in [0, 0.1) is 20.8 Å². The number of carbonyl (C=O) groups is 9. The number of oxazole rings is 1. The largest absolute Gasteiger partial charge is 0.506 e. The first kappa shape index (κ1) is 106. The number of methoxy groups -OCH3 is 3. The zero-order valence-corrected chi connectivity index (χ0v) is 83.5. The zero-order chi connectivity index (χ0) is 104. The quantitative estimate of drug-likeness (QED) is 0.0125. The number of phenols is 3. The summed E-state index contributed by atoms with van der Waals surface area (Å²) in [6, 6.07) is 55.0. The summed E-state index contributed by atoms with van der Waals surface area (Å²) in [7, 11) is -8.55.